The number of ketones is 1. The van der Waals surface area contributed by atoms with Gasteiger partial charge in [0.15, 0.2) is 5.78 Å². The molecular formula is C13H13ClFN3O. The summed E-state index contributed by atoms with van der Waals surface area (Å²) in [7, 11) is 1.70. The molecule has 1 heterocycles. The molecule has 4 nitrogen and oxygen atoms in total. The van der Waals surface area contributed by atoms with Crippen LogP contribution in [0.4, 0.5) is 10.1 Å². The summed E-state index contributed by atoms with van der Waals surface area (Å²) < 4.78 is 14.8. The van der Waals surface area contributed by atoms with Gasteiger partial charge in [-0.3, -0.25) is 9.48 Å². The number of aromatic nitrogens is 2. The van der Waals surface area contributed by atoms with Gasteiger partial charge in [-0.2, -0.15) is 5.10 Å². The molecule has 0 aliphatic heterocycles. The molecule has 100 valence electrons. The van der Waals surface area contributed by atoms with Crippen LogP contribution in [0, 0.1) is 12.7 Å². The summed E-state index contributed by atoms with van der Waals surface area (Å²) >= 11 is 6.06. The van der Waals surface area contributed by atoms with Crippen molar-refractivity contribution in [1.82, 2.24) is 9.78 Å². The molecule has 0 amide bonds. The van der Waals surface area contributed by atoms with Crippen LogP contribution in [0.15, 0.2) is 18.2 Å². The Morgan fingerprint density at radius 1 is 1.53 bits per heavy atom. The molecule has 0 saturated heterocycles. The van der Waals surface area contributed by atoms with E-state index in [-0.39, 0.29) is 23.5 Å². The average molecular weight is 282 g/mol. The molecule has 1 aromatic heterocycles. The topological polar surface area (TPSA) is 60.9 Å². The van der Waals surface area contributed by atoms with Gasteiger partial charge in [-0.25, -0.2) is 4.39 Å². The summed E-state index contributed by atoms with van der Waals surface area (Å²) in [5.74, 6) is -0.822. The minimum atomic E-state index is -0.597. The molecule has 2 aromatic rings. The molecule has 0 unspecified atom stereocenters. The molecule has 0 spiro atoms. The van der Waals surface area contributed by atoms with Crippen molar-refractivity contribution < 1.29 is 9.18 Å². The number of halogens is 2. The predicted octanol–water partition coefficient (Wildman–Crippen LogP) is 2.53. The van der Waals surface area contributed by atoms with Gasteiger partial charge in [0, 0.05) is 24.6 Å². The number of benzene rings is 1. The molecule has 19 heavy (non-hydrogen) atoms. The summed E-state index contributed by atoms with van der Waals surface area (Å²) in [5.41, 5.74) is 7.01. The molecule has 0 radical (unpaired) electrons. The zero-order valence-electron chi connectivity index (χ0n) is 10.6. The van der Waals surface area contributed by atoms with E-state index in [2.05, 4.69) is 5.10 Å². The van der Waals surface area contributed by atoms with E-state index in [1.165, 1.54) is 16.8 Å². The number of nitrogens with two attached hydrogens (primary N) is 1. The lowest BCUT2D eigenvalue weighted by molar-refractivity contribution is 0.0992. The highest BCUT2D eigenvalue weighted by Crippen LogP contribution is 2.21. The van der Waals surface area contributed by atoms with E-state index in [0.29, 0.717) is 16.4 Å². The Bertz CT molecular complexity index is 652. The first kappa shape index (κ1) is 13.5. The second-order valence-electron chi connectivity index (χ2n) is 4.31. The van der Waals surface area contributed by atoms with E-state index < -0.39 is 5.82 Å². The lowest BCUT2D eigenvalue weighted by Crippen LogP contribution is -2.06. The fourth-order valence-corrected chi connectivity index (χ4v) is 2.08. The Kier molecular flexibility index (Phi) is 3.57. The smallest absolute Gasteiger partial charge is 0.167 e. The minimum Gasteiger partial charge on any atom is -0.396 e. The van der Waals surface area contributed by atoms with Gasteiger partial charge in [-0.15, -0.1) is 0 Å². The van der Waals surface area contributed by atoms with Crippen molar-refractivity contribution in [3.8, 4) is 0 Å². The number of rotatable bonds is 3. The highest BCUT2D eigenvalue weighted by molar-refractivity contribution is 6.30. The molecule has 0 aliphatic rings. The van der Waals surface area contributed by atoms with Crippen molar-refractivity contribution in [1.29, 1.82) is 0 Å². The van der Waals surface area contributed by atoms with Crippen LogP contribution in [0.2, 0.25) is 5.15 Å². The molecule has 2 N–H and O–H groups in total. The van der Waals surface area contributed by atoms with E-state index in [4.69, 9.17) is 17.3 Å². The lowest BCUT2D eigenvalue weighted by atomic mass is 10.0. The standard InChI is InChI=1S/C13H13ClFN3O/c1-7-9(13(14)18(2)17-7)6-12(19)8-3-4-11(16)10(15)5-8/h3-5H,6,16H2,1-2H3. The molecule has 0 saturated carbocycles. The maximum absolute atomic E-state index is 13.3. The SMILES string of the molecule is Cc1nn(C)c(Cl)c1CC(=O)c1ccc(N)c(F)c1. The van der Waals surface area contributed by atoms with E-state index in [1.807, 2.05) is 0 Å². The van der Waals surface area contributed by atoms with Gasteiger partial charge >= 0.3 is 0 Å². The Morgan fingerprint density at radius 3 is 2.74 bits per heavy atom. The van der Waals surface area contributed by atoms with Gasteiger partial charge in [0.1, 0.15) is 11.0 Å². The average Bonchev–Trinajstić information content (AvgIpc) is 2.59. The normalized spacial score (nSPS) is 10.7. The second kappa shape index (κ2) is 5.01. The molecule has 0 atom stereocenters. The first-order valence-electron chi connectivity index (χ1n) is 5.66. The lowest BCUT2D eigenvalue weighted by Gasteiger charge is -2.03. The van der Waals surface area contributed by atoms with Crippen LogP contribution in [-0.2, 0) is 13.5 Å². The molecule has 1 aromatic carbocycles. The van der Waals surface area contributed by atoms with Crippen molar-refractivity contribution in [2.24, 2.45) is 7.05 Å². The summed E-state index contributed by atoms with van der Waals surface area (Å²) in [6, 6.07) is 4.01. The Morgan fingerprint density at radius 2 is 2.21 bits per heavy atom. The second-order valence-corrected chi connectivity index (χ2v) is 4.67. The van der Waals surface area contributed by atoms with Crippen molar-refractivity contribution in [2.75, 3.05) is 5.73 Å². The molecular weight excluding hydrogens is 269 g/mol. The maximum atomic E-state index is 13.3. The molecule has 6 heteroatoms. The number of Topliss-reactive ketones (excluding diaryl/α,β-unsaturated/α-hetero) is 1. The third kappa shape index (κ3) is 2.61. The zero-order chi connectivity index (χ0) is 14.2. The van der Waals surface area contributed by atoms with E-state index in [0.717, 1.165) is 6.07 Å². The monoisotopic (exact) mass is 281 g/mol. The fourth-order valence-electron chi connectivity index (χ4n) is 1.84. The number of nitrogen functional groups attached to an aromatic ring is 1. The Balaban J connectivity index is 2.28. The first-order valence-corrected chi connectivity index (χ1v) is 6.04. The number of anilines is 1. The fraction of sp³-hybridized carbons (Fsp3) is 0.231. The van der Waals surface area contributed by atoms with E-state index >= 15 is 0 Å². The minimum absolute atomic E-state index is 0.0205. The van der Waals surface area contributed by atoms with Crippen LogP contribution in [0.3, 0.4) is 0 Å². The Hall–Kier alpha value is -1.88. The maximum Gasteiger partial charge on any atom is 0.167 e. The highest BCUT2D eigenvalue weighted by atomic mass is 35.5. The van der Waals surface area contributed by atoms with Crippen molar-refractivity contribution >= 4 is 23.1 Å². The summed E-state index contributed by atoms with van der Waals surface area (Å²) in [6.07, 6.45) is 0.0852. The third-order valence-corrected chi connectivity index (χ3v) is 3.40. The Labute approximate surface area is 115 Å². The van der Waals surface area contributed by atoms with Gasteiger partial charge in [-0.05, 0) is 25.1 Å². The number of carbonyl (C=O) groups excluding carboxylic acids is 1. The first-order chi connectivity index (χ1) is 8.90. The summed E-state index contributed by atoms with van der Waals surface area (Å²) in [5, 5.41) is 4.55. The van der Waals surface area contributed by atoms with Crippen LogP contribution in [0.25, 0.3) is 0 Å². The van der Waals surface area contributed by atoms with E-state index in [1.54, 1.807) is 14.0 Å². The summed E-state index contributed by atoms with van der Waals surface area (Å²) in [4.78, 5) is 12.1. The zero-order valence-corrected chi connectivity index (χ0v) is 11.3. The quantitative estimate of drug-likeness (QED) is 0.695. The van der Waals surface area contributed by atoms with E-state index in [9.17, 15) is 9.18 Å². The van der Waals surface area contributed by atoms with Crippen molar-refractivity contribution in [3.63, 3.8) is 0 Å². The number of aryl methyl sites for hydroxylation is 2. The van der Waals surface area contributed by atoms with Crippen LogP contribution in [-0.4, -0.2) is 15.6 Å². The van der Waals surface area contributed by atoms with Crippen molar-refractivity contribution in [3.05, 3.63) is 46.0 Å². The molecule has 2 rings (SSSR count). The van der Waals surface area contributed by atoms with Gasteiger partial charge in [0.25, 0.3) is 0 Å². The van der Waals surface area contributed by atoms with Gasteiger partial charge in [-0.1, -0.05) is 11.6 Å². The van der Waals surface area contributed by atoms with Crippen molar-refractivity contribution in [2.45, 2.75) is 13.3 Å². The molecule has 0 fully saturated rings. The van der Waals surface area contributed by atoms with Crippen LogP contribution in [0.5, 0.6) is 0 Å². The van der Waals surface area contributed by atoms with Gasteiger partial charge in [0.2, 0.25) is 0 Å². The number of hydrogen-bond acceptors (Lipinski definition) is 3. The third-order valence-electron chi connectivity index (χ3n) is 2.93. The van der Waals surface area contributed by atoms with Gasteiger partial charge in [0.05, 0.1) is 11.4 Å². The summed E-state index contributed by atoms with van der Waals surface area (Å²) in [6.45, 7) is 1.78. The van der Waals surface area contributed by atoms with Crippen LogP contribution < -0.4 is 5.73 Å². The molecule has 0 aliphatic carbocycles. The number of carbonyl (C=O) groups is 1. The largest absolute Gasteiger partial charge is 0.396 e. The van der Waals surface area contributed by atoms with Crippen LogP contribution in [0.1, 0.15) is 21.6 Å². The number of nitrogens with zero attached hydrogens (tertiary/aromatic N) is 2. The molecule has 0 bridgehead atoms. The number of hydrogen-bond donors (Lipinski definition) is 1. The van der Waals surface area contributed by atoms with Crippen LogP contribution >= 0.6 is 11.6 Å². The predicted molar refractivity (Wildman–Crippen MR) is 71.8 cm³/mol. The van der Waals surface area contributed by atoms with Gasteiger partial charge < -0.3 is 5.73 Å². The highest BCUT2D eigenvalue weighted by Gasteiger charge is 2.16.